The molecule has 0 radical (unpaired) electrons. The van der Waals surface area contributed by atoms with E-state index < -0.39 is 6.10 Å². The zero-order valence-electron chi connectivity index (χ0n) is 12.5. The Balaban J connectivity index is 1.77. The molecule has 2 rings (SSSR count). The highest BCUT2D eigenvalue weighted by molar-refractivity contribution is 5.52. The molecule has 6 nitrogen and oxygen atoms in total. The van der Waals surface area contributed by atoms with Crippen LogP contribution in [0.2, 0.25) is 0 Å². The van der Waals surface area contributed by atoms with Crippen LogP contribution >= 0.6 is 0 Å². The van der Waals surface area contributed by atoms with Crippen molar-refractivity contribution in [2.45, 2.75) is 38.9 Å². The van der Waals surface area contributed by atoms with E-state index in [2.05, 4.69) is 5.16 Å². The van der Waals surface area contributed by atoms with Gasteiger partial charge in [0.25, 0.3) is 0 Å². The van der Waals surface area contributed by atoms with Crippen LogP contribution in [0.25, 0.3) is 0 Å². The Morgan fingerprint density at radius 3 is 2.70 bits per heavy atom. The summed E-state index contributed by atoms with van der Waals surface area (Å²) in [6.45, 7) is 6.11. The number of aryl methyl sites for hydroxylation is 2. The Morgan fingerprint density at radius 2 is 2.10 bits per heavy atom. The molecule has 1 atom stereocenters. The third-order valence-corrected chi connectivity index (χ3v) is 3.55. The van der Waals surface area contributed by atoms with Gasteiger partial charge in [0, 0.05) is 26.8 Å². The number of anilines is 1. The molecule has 1 saturated heterocycles. The molecule has 0 bridgehead atoms. The first-order valence-electron chi connectivity index (χ1n) is 7.09. The average Bonchev–Trinajstić information content (AvgIpc) is 2.77. The molecule has 1 unspecified atom stereocenters. The normalized spacial score (nSPS) is 18.2. The summed E-state index contributed by atoms with van der Waals surface area (Å²) >= 11 is 0. The molecular formula is C14H24N2O4. The second-order valence-electron chi connectivity index (χ2n) is 5.35. The molecule has 1 N–H and O–H groups in total. The molecule has 0 amide bonds. The molecule has 1 aromatic rings. The smallest absolute Gasteiger partial charge is 0.157 e. The summed E-state index contributed by atoms with van der Waals surface area (Å²) in [5.74, 6) is 0.766. The molecule has 0 spiro atoms. The minimum Gasteiger partial charge on any atom is -0.389 e. The van der Waals surface area contributed by atoms with Gasteiger partial charge in [0.15, 0.2) is 5.76 Å². The molecule has 0 saturated carbocycles. The number of aromatic nitrogens is 1. The van der Waals surface area contributed by atoms with Gasteiger partial charge in [-0.25, -0.2) is 0 Å². The molecule has 20 heavy (non-hydrogen) atoms. The SMILES string of the molecule is Cc1noc(C)c1N(C)CC(O)COC1CCOCC1. The van der Waals surface area contributed by atoms with Crippen molar-refractivity contribution >= 4 is 5.69 Å². The van der Waals surface area contributed by atoms with Crippen molar-refractivity contribution in [1.82, 2.24) is 5.16 Å². The lowest BCUT2D eigenvalue weighted by Gasteiger charge is -2.26. The van der Waals surface area contributed by atoms with E-state index >= 15 is 0 Å². The number of nitrogens with zero attached hydrogens (tertiary/aromatic N) is 2. The fraction of sp³-hybridized carbons (Fsp3) is 0.786. The van der Waals surface area contributed by atoms with Crippen LogP contribution in [0, 0.1) is 13.8 Å². The third kappa shape index (κ3) is 3.94. The fourth-order valence-corrected chi connectivity index (χ4v) is 2.57. The number of hydrogen-bond donors (Lipinski definition) is 1. The Bertz CT molecular complexity index is 396. The van der Waals surface area contributed by atoms with E-state index in [0.717, 1.165) is 43.2 Å². The van der Waals surface area contributed by atoms with Crippen LogP contribution in [0.1, 0.15) is 24.3 Å². The lowest BCUT2D eigenvalue weighted by Crippen LogP contribution is -2.35. The Kier molecular flexibility index (Phi) is 5.39. The molecule has 1 aromatic heterocycles. The topological polar surface area (TPSA) is 68.0 Å². The van der Waals surface area contributed by atoms with Gasteiger partial charge in [0.05, 0.1) is 18.8 Å². The van der Waals surface area contributed by atoms with E-state index in [-0.39, 0.29) is 6.10 Å². The van der Waals surface area contributed by atoms with Crippen LogP contribution in [-0.2, 0) is 9.47 Å². The molecule has 0 aliphatic carbocycles. The summed E-state index contributed by atoms with van der Waals surface area (Å²) in [6.07, 6.45) is 1.50. The highest BCUT2D eigenvalue weighted by Gasteiger charge is 2.19. The minimum absolute atomic E-state index is 0.211. The van der Waals surface area contributed by atoms with Crippen LogP contribution < -0.4 is 4.90 Å². The minimum atomic E-state index is -0.531. The quantitative estimate of drug-likeness (QED) is 0.849. The highest BCUT2D eigenvalue weighted by atomic mass is 16.5. The van der Waals surface area contributed by atoms with E-state index in [1.807, 2.05) is 25.8 Å². The van der Waals surface area contributed by atoms with Crippen molar-refractivity contribution in [1.29, 1.82) is 0 Å². The molecule has 1 aliphatic rings. The maximum absolute atomic E-state index is 10.1. The van der Waals surface area contributed by atoms with E-state index in [1.165, 1.54) is 0 Å². The van der Waals surface area contributed by atoms with Crippen LogP contribution in [0.15, 0.2) is 4.52 Å². The average molecular weight is 284 g/mol. The Morgan fingerprint density at radius 1 is 1.40 bits per heavy atom. The van der Waals surface area contributed by atoms with Crippen LogP contribution in [0.4, 0.5) is 5.69 Å². The number of ether oxygens (including phenoxy) is 2. The van der Waals surface area contributed by atoms with Gasteiger partial charge in [0.2, 0.25) is 0 Å². The summed E-state index contributed by atoms with van der Waals surface area (Å²) < 4.78 is 16.1. The second kappa shape index (κ2) is 7.06. The van der Waals surface area contributed by atoms with Crippen molar-refractivity contribution < 1.29 is 19.1 Å². The van der Waals surface area contributed by atoms with Crippen molar-refractivity contribution in [3.63, 3.8) is 0 Å². The highest BCUT2D eigenvalue weighted by Crippen LogP contribution is 2.23. The summed E-state index contributed by atoms with van der Waals surface area (Å²) in [5, 5.41) is 14.0. The standard InChI is InChI=1S/C14H24N2O4/c1-10-14(11(2)20-15-10)16(3)8-12(17)9-19-13-4-6-18-7-5-13/h12-13,17H,4-9H2,1-3H3. The first-order chi connectivity index (χ1) is 9.58. The zero-order valence-corrected chi connectivity index (χ0v) is 12.5. The van der Waals surface area contributed by atoms with Crippen LogP contribution in [0.5, 0.6) is 0 Å². The first kappa shape index (κ1) is 15.3. The van der Waals surface area contributed by atoms with E-state index in [0.29, 0.717) is 13.2 Å². The number of aliphatic hydroxyl groups excluding tert-OH is 1. The summed E-state index contributed by atoms with van der Waals surface area (Å²) in [5.41, 5.74) is 1.78. The number of aliphatic hydroxyl groups is 1. The monoisotopic (exact) mass is 284 g/mol. The molecular weight excluding hydrogens is 260 g/mol. The summed E-state index contributed by atoms with van der Waals surface area (Å²) in [6, 6.07) is 0. The van der Waals surface area contributed by atoms with Crippen molar-refractivity contribution in [3.8, 4) is 0 Å². The van der Waals surface area contributed by atoms with Gasteiger partial charge in [-0.3, -0.25) is 0 Å². The van der Waals surface area contributed by atoms with Gasteiger partial charge in [-0.05, 0) is 26.7 Å². The van der Waals surface area contributed by atoms with Crippen LogP contribution in [0.3, 0.4) is 0 Å². The van der Waals surface area contributed by atoms with Gasteiger partial charge in [0.1, 0.15) is 11.4 Å². The predicted octanol–water partition coefficient (Wildman–Crippen LogP) is 1.28. The fourth-order valence-electron chi connectivity index (χ4n) is 2.57. The lowest BCUT2D eigenvalue weighted by atomic mass is 10.1. The van der Waals surface area contributed by atoms with Gasteiger partial charge >= 0.3 is 0 Å². The second-order valence-corrected chi connectivity index (χ2v) is 5.35. The molecule has 6 heteroatoms. The zero-order chi connectivity index (χ0) is 14.5. The van der Waals surface area contributed by atoms with E-state index in [9.17, 15) is 5.11 Å². The van der Waals surface area contributed by atoms with Crippen molar-refractivity contribution in [3.05, 3.63) is 11.5 Å². The maximum Gasteiger partial charge on any atom is 0.157 e. The molecule has 0 aromatic carbocycles. The van der Waals surface area contributed by atoms with E-state index in [1.54, 1.807) is 0 Å². The Hall–Kier alpha value is -1.11. The lowest BCUT2D eigenvalue weighted by molar-refractivity contribution is -0.0574. The third-order valence-electron chi connectivity index (χ3n) is 3.55. The van der Waals surface area contributed by atoms with Crippen molar-refractivity contribution in [2.75, 3.05) is 38.3 Å². The largest absolute Gasteiger partial charge is 0.389 e. The molecule has 1 fully saturated rings. The number of rotatable bonds is 6. The van der Waals surface area contributed by atoms with Gasteiger partial charge < -0.3 is 24.0 Å². The first-order valence-corrected chi connectivity index (χ1v) is 7.09. The van der Waals surface area contributed by atoms with Gasteiger partial charge in [-0.1, -0.05) is 5.16 Å². The van der Waals surface area contributed by atoms with Crippen molar-refractivity contribution in [2.24, 2.45) is 0 Å². The molecule has 2 heterocycles. The summed E-state index contributed by atoms with van der Waals surface area (Å²) in [7, 11) is 1.92. The van der Waals surface area contributed by atoms with Gasteiger partial charge in [-0.15, -0.1) is 0 Å². The number of likely N-dealkylation sites (N-methyl/N-ethyl adjacent to an activating group) is 1. The van der Waals surface area contributed by atoms with Gasteiger partial charge in [-0.2, -0.15) is 0 Å². The number of hydrogen-bond acceptors (Lipinski definition) is 6. The predicted molar refractivity (Wildman–Crippen MR) is 75.0 cm³/mol. The summed E-state index contributed by atoms with van der Waals surface area (Å²) in [4.78, 5) is 1.96. The van der Waals surface area contributed by atoms with E-state index in [4.69, 9.17) is 14.0 Å². The molecule has 114 valence electrons. The maximum atomic E-state index is 10.1. The Labute approximate surface area is 119 Å². The molecule has 1 aliphatic heterocycles. The van der Waals surface area contributed by atoms with Crippen LogP contribution in [-0.4, -0.2) is 55.9 Å².